The first-order chi connectivity index (χ1) is 7.86. The Balaban J connectivity index is 2.93. The number of hydrogen-bond acceptors (Lipinski definition) is 3. The molecule has 1 heterocycles. The number of aliphatic hydroxyl groups is 1. The third kappa shape index (κ3) is 3.53. The van der Waals surface area contributed by atoms with Gasteiger partial charge in [0.2, 0.25) is 0 Å². The summed E-state index contributed by atoms with van der Waals surface area (Å²) in [6.07, 6.45) is 2.08. The van der Waals surface area contributed by atoms with Crippen LogP contribution >= 0.6 is 0 Å². The van der Waals surface area contributed by atoms with Gasteiger partial charge in [-0.2, -0.15) is 0 Å². The molecule has 17 heavy (non-hydrogen) atoms. The lowest BCUT2D eigenvalue weighted by Gasteiger charge is -2.32. The van der Waals surface area contributed by atoms with Gasteiger partial charge in [-0.1, -0.05) is 0 Å². The molecule has 0 fully saturated rings. The van der Waals surface area contributed by atoms with E-state index in [1.54, 1.807) is 30.3 Å². The zero-order valence-corrected chi connectivity index (χ0v) is 10.9. The van der Waals surface area contributed by atoms with E-state index in [0.717, 1.165) is 5.69 Å². The molecule has 0 unspecified atom stereocenters. The molecule has 0 aliphatic rings. The van der Waals surface area contributed by atoms with Crippen LogP contribution in [0.15, 0.2) is 18.3 Å². The van der Waals surface area contributed by atoms with Crippen LogP contribution in [0.4, 0.5) is 0 Å². The lowest BCUT2D eigenvalue weighted by molar-refractivity contribution is 0.0655. The first-order valence-corrected chi connectivity index (χ1v) is 5.70. The minimum Gasteiger partial charge on any atom is -0.396 e. The average Bonchev–Trinajstić information content (AvgIpc) is 2.27. The summed E-state index contributed by atoms with van der Waals surface area (Å²) in [7, 11) is 1.79. The highest BCUT2D eigenvalue weighted by Gasteiger charge is 2.23. The molecule has 1 N–H and O–H groups in total. The smallest absolute Gasteiger partial charge is 0.254 e. The molecule has 0 radical (unpaired) electrons. The second-order valence-corrected chi connectivity index (χ2v) is 5.04. The van der Waals surface area contributed by atoms with Crippen LogP contribution in [-0.2, 0) is 6.42 Å². The molecule has 94 valence electrons. The Kier molecular flexibility index (Phi) is 4.23. The van der Waals surface area contributed by atoms with Crippen LogP contribution in [0.2, 0.25) is 0 Å². The molecule has 0 aliphatic carbocycles. The summed E-state index contributed by atoms with van der Waals surface area (Å²) < 4.78 is 0. The maximum atomic E-state index is 12.2. The molecule has 1 rings (SSSR count). The Labute approximate surface area is 102 Å². The van der Waals surface area contributed by atoms with E-state index < -0.39 is 0 Å². The van der Waals surface area contributed by atoms with Gasteiger partial charge in [0.15, 0.2) is 0 Å². The van der Waals surface area contributed by atoms with E-state index in [1.807, 2.05) is 20.8 Å². The van der Waals surface area contributed by atoms with E-state index in [1.165, 1.54) is 0 Å². The lowest BCUT2D eigenvalue weighted by Crippen LogP contribution is -2.42. The van der Waals surface area contributed by atoms with Crippen molar-refractivity contribution in [3.63, 3.8) is 0 Å². The fraction of sp³-hybridized carbons (Fsp3) is 0.538. The van der Waals surface area contributed by atoms with Gasteiger partial charge in [0.25, 0.3) is 5.91 Å². The number of nitrogens with zero attached hydrogens (tertiary/aromatic N) is 2. The molecule has 1 aromatic rings. The summed E-state index contributed by atoms with van der Waals surface area (Å²) >= 11 is 0. The van der Waals surface area contributed by atoms with Crippen molar-refractivity contribution in [1.29, 1.82) is 0 Å². The SMILES string of the molecule is CN(C(=O)c1ccnc(CCO)c1)C(C)(C)C. The Bertz CT molecular complexity index is 397. The summed E-state index contributed by atoms with van der Waals surface area (Å²) in [6.45, 7) is 6.00. The molecule has 1 aromatic heterocycles. The molecule has 0 spiro atoms. The molecule has 1 amide bonds. The molecule has 0 saturated heterocycles. The van der Waals surface area contributed by atoms with Crippen LogP contribution < -0.4 is 0 Å². The van der Waals surface area contributed by atoms with Gasteiger partial charge in [-0.25, -0.2) is 0 Å². The van der Waals surface area contributed by atoms with Crippen LogP contribution in [0.25, 0.3) is 0 Å². The van der Waals surface area contributed by atoms with E-state index in [9.17, 15) is 4.79 Å². The fourth-order valence-electron chi connectivity index (χ4n) is 1.36. The maximum Gasteiger partial charge on any atom is 0.254 e. The van der Waals surface area contributed by atoms with Gasteiger partial charge in [-0.3, -0.25) is 9.78 Å². The minimum absolute atomic E-state index is 0.0286. The molecule has 0 atom stereocenters. The first kappa shape index (κ1) is 13.6. The number of rotatable bonds is 3. The van der Waals surface area contributed by atoms with Gasteiger partial charge < -0.3 is 10.0 Å². The topological polar surface area (TPSA) is 53.4 Å². The van der Waals surface area contributed by atoms with Gasteiger partial charge in [0.05, 0.1) is 0 Å². The number of carbonyl (C=O) groups excluding carboxylic acids is 1. The van der Waals surface area contributed by atoms with Gasteiger partial charge >= 0.3 is 0 Å². The third-order valence-electron chi connectivity index (χ3n) is 2.74. The van der Waals surface area contributed by atoms with E-state index in [2.05, 4.69) is 4.98 Å². The average molecular weight is 236 g/mol. The second-order valence-electron chi connectivity index (χ2n) is 5.04. The largest absolute Gasteiger partial charge is 0.396 e. The Morgan fingerprint density at radius 3 is 2.65 bits per heavy atom. The van der Waals surface area contributed by atoms with E-state index >= 15 is 0 Å². The molecule has 0 saturated carbocycles. The van der Waals surface area contributed by atoms with E-state index in [-0.39, 0.29) is 18.1 Å². The zero-order chi connectivity index (χ0) is 13.1. The monoisotopic (exact) mass is 236 g/mol. The lowest BCUT2D eigenvalue weighted by atomic mass is 10.1. The van der Waals surface area contributed by atoms with Crippen LogP contribution in [0, 0.1) is 0 Å². The highest BCUT2D eigenvalue weighted by molar-refractivity contribution is 5.94. The second kappa shape index (κ2) is 5.27. The van der Waals surface area contributed by atoms with Crippen molar-refractivity contribution < 1.29 is 9.90 Å². The van der Waals surface area contributed by atoms with Crippen molar-refractivity contribution in [2.24, 2.45) is 0 Å². The van der Waals surface area contributed by atoms with E-state index in [4.69, 9.17) is 5.11 Å². The van der Waals surface area contributed by atoms with Crippen molar-refractivity contribution in [2.75, 3.05) is 13.7 Å². The van der Waals surface area contributed by atoms with Crippen molar-refractivity contribution in [3.8, 4) is 0 Å². The number of aromatic nitrogens is 1. The van der Waals surface area contributed by atoms with Gasteiger partial charge in [0, 0.05) is 43.1 Å². The van der Waals surface area contributed by atoms with E-state index in [0.29, 0.717) is 12.0 Å². The molecule has 0 bridgehead atoms. The number of pyridine rings is 1. The number of carbonyl (C=O) groups is 1. The Hall–Kier alpha value is -1.42. The Morgan fingerprint density at radius 1 is 1.47 bits per heavy atom. The molecular formula is C13H20N2O2. The highest BCUT2D eigenvalue weighted by atomic mass is 16.3. The predicted molar refractivity (Wildman–Crippen MR) is 66.9 cm³/mol. The number of amides is 1. The van der Waals surface area contributed by atoms with Crippen LogP contribution in [0.3, 0.4) is 0 Å². The third-order valence-corrected chi connectivity index (χ3v) is 2.74. The molecule has 0 aromatic carbocycles. The van der Waals surface area contributed by atoms with Crippen molar-refractivity contribution in [2.45, 2.75) is 32.7 Å². The Morgan fingerprint density at radius 2 is 2.12 bits per heavy atom. The molecule has 4 nitrogen and oxygen atoms in total. The van der Waals surface area contributed by atoms with Crippen molar-refractivity contribution in [3.05, 3.63) is 29.6 Å². The summed E-state index contributed by atoms with van der Waals surface area (Å²) in [6, 6.07) is 3.44. The highest BCUT2D eigenvalue weighted by Crippen LogP contribution is 2.15. The van der Waals surface area contributed by atoms with Crippen LogP contribution in [-0.4, -0.2) is 40.1 Å². The molecule has 4 heteroatoms. The zero-order valence-electron chi connectivity index (χ0n) is 10.9. The predicted octanol–water partition coefficient (Wildman–Crippen LogP) is 1.49. The summed E-state index contributed by atoms with van der Waals surface area (Å²) in [5.74, 6) is -0.0286. The van der Waals surface area contributed by atoms with Gasteiger partial charge in [-0.15, -0.1) is 0 Å². The maximum absolute atomic E-state index is 12.2. The fourth-order valence-corrected chi connectivity index (χ4v) is 1.36. The van der Waals surface area contributed by atoms with Gasteiger partial charge in [0.1, 0.15) is 0 Å². The number of hydrogen-bond donors (Lipinski definition) is 1. The first-order valence-electron chi connectivity index (χ1n) is 5.70. The standard InChI is InChI=1S/C13H20N2O2/c1-13(2,3)15(4)12(17)10-5-7-14-11(9-10)6-8-16/h5,7,9,16H,6,8H2,1-4H3. The van der Waals surface area contributed by atoms with Crippen molar-refractivity contribution >= 4 is 5.91 Å². The van der Waals surface area contributed by atoms with Crippen LogP contribution in [0.1, 0.15) is 36.8 Å². The quantitative estimate of drug-likeness (QED) is 0.865. The summed E-state index contributed by atoms with van der Waals surface area (Å²) in [5, 5.41) is 8.85. The molecule has 0 aliphatic heterocycles. The van der Waals surface area contributed by atoms with Gasteiger partial charge in [-0.05, 0) is 32.9 Å². The molecular weight excluding hydrogens is 216 g/mol. The summed E-state index contributed by atoms with van der Waals surface area (Å²) in [4.78, 5) is 18.0. The summed E-state index contributed by atoms with van der Waals surface area (Å²) in [5.41, 5.74) is 1.14. The minimum atomic E-state index is -0.211. The normalized spacial score (nSPS) is 11.4. The number of aliphatic hydroxyl groups excluding tert-OH is 1. The van der Waals surface area contributed by atoms with Crippen molar-refractivity contribution in [1.82, 2.24) is 9.88 Å². The van der Waals surface area contributed by atoms with Crippen LogP contribution in [0.5, 0.6) is 0 Å².